The number of carbonyl (C=O) groups excluding carboxylic acids is 1. The lowest BCUT2D eigenvalue weighted by Gasteiger charge is -2.16. The average molecular weight is 181 g/mol. The first kappa shape index (κ1) is 10.0. The van der Waals surface area contributed by atoms with Gasteiger partial charge in [-0.2, -0.15) is 5.26 Å². The first-order valence-corrected chi connectivity index (χ1v) is 4.52. The normalized spacial score (nSPS) is 20.1. The summed E-state index contributed by atoms with van der Waals surface area (Å²) < 4.78 is 0. The van der Waals surface area contributed by atoms with Gasteiger partial charge in [0.25, 0.3) is 0 Å². The van der Waals surface area contributed by atoms with Crippen molar-refractivity contribution in [1.82, 2.24) is 5.32 Å². The lowest BCUT2D eigenvalue weighted by Crippen LogP contribution is -2.41. The Hall–Kier alpha value is -1.08. The van der Waals surface area contributed by atoms with Gasteiger partial charge in [0.1, 0.15) is 0 Å². The number of nitrogens with two attached hydrogens (primary N) is 1. The summed E-state index contributed by atoms with van der Waals surface area (Å²) in [5, 5.41) is 11.2. The molecule has 1 aliphatic carbocycles. The second-order valence-corrected chi connectivity index (χ2v) is 3.72. The number of hydrogen-bond donors (Lipinski definition) is 2. The van der Waals surface area contributed by atoms with Crippen molar-refractivity contribution in [2.45, 2.75) is 32.2 Å². The highest BCUT2D eigenvalue weighted by molar-refractivity contribution is 5.85. The molecule has 1 rings (SSSR count). The maximum atomic E-state index is 11.5. The lowest BCUT2D eigenvalue weighted by molar-refractivity contribution is -0.126. The second kappa shape index (κ2) is 3.75. The molecule has 1 amide bonds. The van der Waals surface area contributed by atoms with Gasteiger partial charge in [0.15, 0.2) is 0 Å². The minimum Gasteiger partial charge on any atom is -0.352 e. The maximum Gasteiger partial charge on any atom is 0.227 e. The second-order valence-electron chi connectivity index (χ2n) is 3.72. The zero-order valence-electron chi connectivity index (χ0n) is 7.84. The molecule has 1 fully saturated rings. The van der Waals surface area contributed by atoms with Crippen molar-refractivity contribution in [3.63, 3.8) is 0 Å². The molecule has 0 radical (unpaired) electrons. The fourth-order valence-electron chi connectivity index (χ4n) is 1.24. The molecule has 4 nitrogen and oxygen atoms in total. The van der Waals surface area contributed by atoms with Crippen molar-refractivity contribution in [2.75, 3.05) is 6.54 Å². The van der Waals surface area contributed by atoms with Crippen LogP contribution in [0.5, 0.6) is 0 Å². The summed E-state index contributed by atoms with van der Waals surface area (Å²) in [5.41, 5.74) is 5.19. The molecule has 0 aromatic carbocycles. The van der Waals surface area contributed by atoms with Gasteiger partial charge >= 0.3 is 0 Å². The quantitative estimate of drug-likeness (QED) is 0.647. The number of carbonyl (C=O) groups is 1. The molecule has 0 bridgehead atoms. The van der Waals surface area contributed by atoms with Crippen LogP contribution < -0.4 is 11.1 Å². The summed E-state index contributed by atoms with van der Waals surface area (Å²) in [6, 6.07) is 1.95. The minimum absolute atomic E-state index is 0.0118. The summed E-state index contributed by atoms with van der Waals surface area (Å²) in [6.07, 6.45) is 2.12. The van der Waals surface area contributed by atoms with E-state index in [1.54, 1.807) is 0 Å². The van der Waals surface area contributed by atoms with Gasteiger partial charge in [-0.1, -0.05) is 0 Å². The van der Waals surface area contributed by atoms with Crippen molar-refractivity contribution in [3.8, 4) is 6.07 Å². The Bertz CT molecular complexity index is 240. The summed E-state index contributed by atoms with van der Waals surface area (Å²) in [4.78, 5) is 11.5. The van der Waals surface area contributed by atoms with Crippen molar-refractivity contribution >= 4 is 5.91 Å². The van der Waals surface area contributed by atoms with Crippen LogP contribution >= 0.6 is 0 Å². The van der Waals surface area contributed by atoms with Crippen LogP contribution in [-0.2, 0) is 4.79 Å². The average Bonchev–Trinajstić information content (AvgIpc) is 2.84. The molecule has 72 valence electrons. The number of hydrogen-bond acceptors (Lipinski definition) is 3. The molecule has 13 heavy (non-hydrogen) atoms. The Morgan fingerprint density at radius 1 is 1.77 bits per heavy atom. The number of nitriles is 1. The predicted octanol–water partition coefficient (Wildman–Crippen LogP) is 0.144. The van der Waals surface area contributed by atoms with Crippen molar-refractivity contribution in [3.05, 3.63) is 0 Å². The molecule has 0 heterocycles. The molecular weight excluding hydrogens is 166 g/mol. The number of amides is 1. The lowest BCUT2D eigenvalue weighted by atomic mass is 10.1. The van der Waals surface area contributed by atoms with Gasteiger partial charge in [0.05, 0.1) is 17.9 Å². The molecular formula is C9H15N3O. The molecule has 1 unspecified atom stereocenters. The topological polar surface area (TPSA) is 78.9 Å². The first-order valence-electron chi connectivity index (χ1n) is 4.52. The van der Waals surface area contributed by atoms with Gasteiger partial charge in [-0.15, -0.1) is 0 Å². The number of nitrogens with one attached hydrogen (secondary N) is 1. The highest BCUT2D eigenvalue weighted by atomic mass is 16.2. The molecule has 0 aliphatic heterocycles. The standard InChI is InChI=1S/C9H15N3O/c1-7(2-5-10)12-8(13)9(6-11)3-4-9/h7H,2-4,6,11H2,1H3,(H,12,13). The third kappa shape index (κ3) is 2.19. The van der Waals surface area contributed by atoms with E-state index in [4.69, 9.17) is 11.0 Å². The summed E-state index contributed by atoms with van der Waals surface area (Å²) in [6.45, 7) is 2.24. The van der Waals surface area contributed by atoms with Crippen LogP contribution in [-0.4, -0.2) is 18.5 Å². The SMILES string of the molecule is CC(CC#N)NC(=O)C1(CN)CC1. The van der Waals surface area contributed by atoms with E-state index in [9.17, 15) is 4.79 Å². The van der Waals surface area contributed by atoms with Crippen LogP contribution in [0.15, 0.2) is 0 Å². The Morgan fingerprint density at radius 3 is 2.77 bits per heavy atom. The first-order chi connectivity index (χ1) is 6.14. The van der Waals surface area contributed by atoms with E-state index in [0.717, 1.165) is 12.8 Å². The van der Waals surface area contributed by atoms with Gasteiger partial charge < -0.3 is 11.1 Å². The van der Waals surface area contributed by atoms with Gasteiger partial charge in [0, 0.05) is 12.6 Å². The zero-order valence-corrected chi connectivity index (χ0v) is 7.84. The van der Waals surface area contributed by atoms with Gasteiger partial charge in [0.2, 0.25) is 5.91 Å². The third-order valence-corrected chi connectivity index (χ3v) is 2.50. The van der Waals surface area contributed by atoms with E-state index >= 15 is 0 Å². The van der Waals surface area contributed by atoms with Crippen molar-refractivity contribution in [2.24, 2.45) is 11.1 Å². The highest BCUT2D eigenvalue weighted by Gasteiger charge is 2.48. The van der Waals surface area contributed by atoms with E-state index in [0.29, 0.717) is 13.0 Å². The molecule has 1 aliphatic rings. The van der Waals surface area contributed by atoms with Crippen LogP contribution in [0, 0.1) is 16.7 Å². The Labute approximate surface area is 78.1 Å². The van der Waals surface area contributed by atoms with E-state index in [1.807, 2.05) is 13.0 Å². The van der Waals surface area contributed by atoms with E-state index in [2.05, 4.69) is 5.32 Å². The highest BCUT2D eigenvalue weighted by Crippen LogP contribution is 2.44. The monoisotopic (exact) mass is 181 g/mol. The van der Waals surface area contributed by atoms with E-state index < -0.39 is 0 Å². The Morgan fingerprint density at radius 2 is 2.38 bits per heavy atom. The number of nitrogens with zero attached hydrogens (tertiary/aromatic N) is 1. The van der Waals surface area contributed by atoms with E-state index in [1.165, 1.54) is 0 Å². The Balaban J connectivity index is 2.38. The smallest absolute Gasteiger partial charge is 0.227 e. The number of rotatable bonds is 4. The predicted molar refractivity (Wildman–Crippen MR) is 48.6 cm³/mol. The van der Waals surface area contributed by atoms with Crippen LogP contribution in [0.4, 0.5) is 0 Å². The molecule has 1 atom stereocenters. The maximum absolute atomic E-state index is 11.5. The van der Waals surface area contributed by atoms with Crippen LogP contribution in [0.1, 0.15) is 26.2 Å². The van der Waals surface area contributed by atoms with Crippen LogP contribution in [0.25, 0.3) is 0 Å². The molecule has 0 saturated heterocycles. The molecule has 0 aromatic heterocycles. The summed E-state index contributed by atoms with van der Waals surface area (Å²) in [5.74, 6) is 0.0118. The molecule has 4 heteroatoms. The van der Waals surface area contributed by atoms with Crippen molar-refractivity contribution in [1.29, 1.82) is 5.26 Å². The molecule has 0 aromatic rings. The van der Waals surface area contributed by atoms with Gasteiger partial charge in [-0.3, -0.25) is 4.79 Å². The molecule has 1 saturated carbocycles. The summed E-state index contributed by atoms with van der Waals surface area (Å²) >= 11 is 0. The fourth-order valence-corrected chi connectivity index (χ4v) is 1.24. The molecule has 0 spiro atoms. The fraction of sp³-hybridized carbons (Fsp3) is 0.778. The Kier molecular flexibility index (Phi) is 2.89. The third-order valence-electron chi connectivity index (χ3n) is 2.50. The van der Waals surface area contributed by atoms with Crippen molar-refractivity contribution < 1.29 is 4.79 Å². The van der Waals surface area contributed by atoms with Crippen LogP contribution in [0.2, 0.25) is 0 Å². The van der Waals surface area contributed by atoms with Gasteiger partial charge in [-0.05, 0) is 19.8 Å². The largest absolute Gasteiger partial charge is 0.352 e. The zero-order chi connectivity index (χ0) is 9.90. The minimum atomic E-state index is -0.302. The molecule has 3 N–H and O–H groups in total. The van der Waals surface area contributed by atoms with E-state index in [-0.39, 0.29) is 17.4 Å². The van der Waals surface area contributed by atoms with Gasteiger partial charge in [-0.25, -0.2) is 0 Å². The summed E-state index contributed by atoms with van der Waals surface area (Å²) in [7, 11) is 0. The van der Waals surface area contributed by atoms with Crippen LogP contribution in [0.3, 0.4) is 0 Å².